The van der Waals surface area contributed by atoms with E-state index in [9.17, 15) is 5.11 Å². The second-order valence-corrected chi connectivity index (χ2v) is 5.36. The van der Waals surface area contributed by atoms with Crippen LogP contribution in [0.2, 0.25) is 0 Å². The zero-order valence-corrected chi connectivity index (χ0v) is 10.4. The highest BCUT2D eigenvalue weighted by Crippen LogP contribution is 2.19. The van der Waals surface area contributed by atoms with Gasteiger partial charge in [0.05, 0.1) is 5.69 Å². The predicted octanol–water partition coefficient (Wildman–Crippen LogP) is 2.08. The lowest BCUT2D eigenvalue weighted by Gasteiger charge is -2.22. The van der Waals surface area contributed by atoms with Crippen molar-refractivity contribution in [3.63, 3.8) is 0 Å². The van der Waals surface area contributed by atoms with Crippen molar-refractivity contribution in [2.45, 2.75) is 32.4 Å². The van der Waals surface area contributed by atoms with Crippen LogP contribution in [0.4, 0.5) is 0 Å². The number of hydrogen-bond donors (Lipinski definition) is 2. The van der Waals surface area contributed by atoms with Gasteiger partial charge in [0, 0.05) is 24.0 Å². The molecule has 88 valence electrons. The van der Waals surface area contributed by atoms with Crippen LogP contribution >= 0.6 is 11.8 Å². The molecule has 0 spiro atoms. The van der Waals surface area contributed by atoms with Crippen molar-refractivity contribution in [2.24, 2.45) is 0 Å². The summed E-state index contributed by atoms with van der Waals surface area (Å²) in [4.78, 5) is 4.34. The molecule has 2 heterocycles. The van der Waals surface area contributed by atoms with E-state index in [-0.39, 0.29) is 0 Å². The molecule has 1 saturated heterocycles. The number of nitrogens with zero attached hydrogens (tertiary/aromatic N) is 1. The average molecular weight is 238 g/mol. The van der Waals surface area contributed by atoms with Crippen LogP contribution in [0, 0.1) is 6.92 Å². The van der Waals surface area contributed by atoms with E-state index < -0.39 is 0 Å². The predicted molar refractivity (Wildman–Crippen MR) is 67.8 cm³/mol. The van der Waals surface area contributed by atoms with Crippen LogP contribution in [-0.4, -0.2) is 27.6 Å². The summed E-state index contributed by atoms with van der Waals surface area (Å²) in [5.41, 5.74) is 1.71. The van der Waals surface area contributed by atoms with Gasteiger partial charge in [-0.2, -0.15) is 11.8 Å². The van der Waals surface area contributed by atoms with Gasteiger partial charge in [-0.25, -0.2) is 0 Å². The highest BCUT2D eigenvalue weighted by molar-refractivity contribution is 7.99. The lowest BCUT2D eigenvalue weighted by molar-refractivity contribution is 0.447. The summed E-state index contributed by atoms with van der Waals surface area (Å²) in [5.74, 6) is 2.75. The van der Waals surface area contributed by atoms with Crippen LogP contribution in [0.5, 0.6) is 5.75 Å². The monoisotopic (exact) mass is 238 g/mol. The number of pyridine rings is 1. The Morgan fingerprint density at radius 3 is 3.19 bits per heavy atom. The minimum atomic E-state index is 0.293. The third-order valence-corrected chi connectivity index (χ3v) is 4.02. The molecule has 1 aromatic heterocycles. The molecule has 0 bridgehead atoms. The van der Waals surface area contributed by atoms with Crippen LogP contribution in [0.25, 0.3) is 0 Å². The van der Waals surface area contributed by atoms with Crippen molar-refractivity contribution < 1.29 is 5.11 Å². The third kappa shape index (κ3) is 3.12. The fraction of sp³-hybridized carbons (Fsp3) is 0.583. The van der Waals surface area contributed by atoms with Crippen LogP contribution in [0.15, 0.2) is 12.1 Å². The number of aromatic hydroxyl groups is 1. The molecule has 1 aliphatic heterocycles. The van der Waals surface area contributed by atoms with Gasteiger partial charge in [0.25, 0.3) is 0 Å². The van der Waals surface area contributed by atoms with Gasteiger partial charge < -0.3 is 10.4 Å². The summed E-state index contributed by atoms with van der Waals surface area (Å²) in [5, 5.41) is 13.1. The van der Waals surface area contributed by atoms with Gasteiger partial charge in [0.1, 0.15) is 5.75 Å². The lowest BCUT2D eigenvalue weighted by Crippen LogP contribution is -2.33. The minimum Gasteiger partial charge on any atom is -0.506 e. The Hall–Kier alpha value is -0.740. The van der Waals surface area contributed by atoms with E-state index in [2.05, 4.69) is 10.3 Å². The van der Waals surface area contributed by atoms with Crippen molar-refractivity contribution in [1.29, 1.82) is 0 Å². The molecule has 1 atom stereocenters. The van der Waals surface area contributed by atoms with E-state index in [0.29, 0.717) is 18.3 Å². The van der Waals surface area contributed by atoms with Gasteiger partial charge in [-0.05, 0) is 37.7 Å². The average Bonchev–Trinajstić information content (AvgIpc) is 2.32. The molecule has 0 aromatic carbocycles. The van der Waals surface area contributed by atoms with Gasteiger partial charge in [-0.3, -0.25) is 4.98 Å². The quantitative estimate of drug-likeness (QED) is 0.846. The molecule has 4 heteroatoms. The zero-order chi connectivity index (χ0) is 11.4. The molecule has 2 N–H and O–H groups in total. The van der Waals surface area contributed by atoms with Crippen LogP contribution < -0.4 is 5.32 Å². The van der Waals surface area contributed by atoms with Gasteiger partial charge in [-0.15, -0.1) is 0 Å². The first kappa shape index (κ1) is 11.7. The van der Waals surface area contributed by atoms with E-state index in [1.807, 2.05) is 24.8 Å². The smallest absolute Gasteiger partial charge is 0.138 e. The van der Waals surface area contributed by atoms with Gasteiger partial charge in [0.15, 0.2) is 0 Å². The maximum absolute atomic E-state index is 9.66. The number of rotatable bonds is 3. The Morgan fingerprint density at radius 1 is 1.56 bits per heavy atom. The van der Waals surface area contributed by atoms with E-state index in [1.165, 1.54) is 24.3 Å². The number of hydrogen-bond acceptors (Lipinski definition) is 4. The number of aryl methyl sites for hydroxylation is 1. The standard InChI is InChI=1S/C12H18N2OS/c1-9-4-5-12(15)11(14-9)7-13-10-3-2-6-16-8-10/h4-5,10,13,15H,2-3,6-8H2,1H3. The molecule has 16 heavy (non-hydrogen) atoms. The summed E-state index contributed by atoms with van der Waals surface area (Å²) in [6.07, 6.45) is 2.52. The van der Waals surface area contributed by atoms with Crippen molar-refractivity contribution in [3.8, 4) is 5.75 Å². The molecule has 2 rings (SSSR count). The van der Waals surface area contributed by atoms with Crippen molar-refractivity contribution in [1.82, 2.24) is 10.3 Å². The van der Waals surface area contributed by atoms with E-state index in [1.54, 1.807) is 6.07 Å². The van der Waals surface area contributed by atoms with Gasteiger partial charge in [-0.1, -0.05) is 0 Å². The number of nitrogens with one attached hydrogen (secondary N) is 1. The Bertz CT molecular complexity index is 351. The molecule has 1 fully saturated rings. The summed E-state index contributed by atoms with van der Waals surface area (Å²) >= 11 is 2.00. The fourth-order valence-electron chi connectivity index (χ4n) is 1.88. The maximum Gasteiger partial charge on any atom is 0.138 e. The van der Waals surface area contributed by atoms with Crippen molar-refractivity contribution >= 4 is 11.8 Å². The first-order chi connectivity index (χ1) is 7.75. The van der Waals surface area contributed by atoms with Gasteiger partial charge >= 0.3 is 0 Å². The summed E-state index contributed by atoms with van der Waals surface area (Å²) in [6, 6.07) is 4.12. The number of aromatic nitrogens is 1. The summed E-state index contributed by atoms with van der Waals surface area (Å²) < 4.78 is 0. The maximum atomic E-state index is 9.66. The molecular weight excluding hydrogens is 220 g/mol. The molecule has 0 radical (unpaired) electrons. The zero-order valence-electron chi connectivity index (χ0n) is 9.57. The summed E-state index contributed by atoms with van der Waals surface area (Å²) in [7, 11) is 0. The molecule has 0 saturated carbocycles. The van der Waals surface area contributed by atoms with E-state index in [0.717, 1.165) is 11.4 Å². The van der Waals surface area contributed by atoms with Crippen LogP contribution in [-0.2, 0) is 6.54 Å². The van der Waals surface area contributed by atoms with Crippen LogP contribution in [0.3, 0.4) is 0 Å². The SMILES string of the molecule is Cc1ccc(O)c(CNC2CCCSC2)n1. The Kier molecular flexibility index (Phi) is 4.07. The fourth-order valence-corrected chi connectivity index (χ4v) is 2.98. The Morgan fingerprint density at radius 2 is 2.44 bits per heavy atom. The molecule has 0 aliphatic carbocycles. The van der Waals surface area contributed by atoms with E-state index >= 15 is 0 Å². The second-order valence-electron chi connectivity index (χ2n) is 4.21. The first-order valence-electron chi connectivity index (χ1n) is 5.72. The molecule has 1 aromatic rings. The van der Waals surface area contributed by atoms with Crippen LogP contribution in [0.1, 0.15) is 24.2 Å². The normalized spacial score (nSPS) is 20.9. The lowest BCUT2D eigenvalue weighted by atomic mass is 10.2. The minimum absolute atomic E-state index is 0.293. The van der Waals surface area contributed by atoms with Gasteiger partial charge in [0.2, 0.25) is 0 Å². The van der Waals surface area contributed by atoms with Crippen molar-refractivity contribution in [2.75, 3.05) is 11.5 Å². The topological polar surface area (TPSA) is 45.1 Å². The van der Waals surface area contributed by atoms with E-state index in [4.69, 9.17) is 0 Å². The third-order valence-electron chi connectivity index (χ3n) is 2.81. The Balaban J connectivity index is 1.90. The molecule has 3 nitrogen and oxygen atoms in total. The molecule has 1 unspecified atom stereocenters. The second kappa shape index (κ2) is 5.55. The summed E-state index contributed by atoms with van der Waals surface area (Å²) in [6.45, 7) is 2.61. The molecule has 0 amide bonds. The molecule has 1 aliphatic rings. The first-order valence-corrected chi connectivity index (χ1v) is 6.88. The molecular formula is C12H18N2OS. The highest BCUT2D eigenvalue weighted by atomic mass is 32.2. The highest BCUT2D eigenvalue weighted by Gasteiger charge is 2.13. The number of thioether (sulfide) groups is 1. The Labute approximate surface area is 101 Å². The van der Waals surface area contributed by atoms with Crippen molar-refractivity contribution in [3.05, 3.63) is 23.5 Å². The largest absolute Gasteiger partial charge is 0.506 e.